The van der Waals surface area contributed by atoms with Crippen molar-refractivity contribution in [3.05, 3.63) is 57.5 Å². The Bertz CT molecular complexity index is 891. The van der Waals surface area contributed by atoms with Gasteiger partial charge in [-0.1, -0.05) is 19.4 Å². The molecule has 0 radical (unpaired) electrons. The highest BCUT2D eigenvalue weighted by Gasteiger charge is 2.46. The van der Waals surface area contributed by atoms with Crippen LogP contribution >= 0.6 is 11.3 Å². The Morgan fingerprint density at radius 1 is 1.33 bits per heavy atom. The molecule has 0 aliphatic carbocycles. The SMILES string of the molecule is CCCCN1C(=O)C(=O)/C(=C(\O)c2cc(F)ccc2OC)C1c1cccs1. The van der Waals surface area contributed by atoms with Crippen molar-refractivity contribution in [2.45, 2.75) is 25.8 Å². The number of halogens is 1. The highest BCUT2D eigenvalue weighted by Crippen LogP contribution is 2.42. The maximum absolute atomic E-state index is 13.8. The zero-order chi connectivity index (χ0) is 19.6. The van der Waals surface area contributed by atoms with Gasteiger partial charge in [0.2, 0.25) is 0 Å². The minimum absolute atomic E-state index is 0.0394. The number of rotatable bonds is 6. The van der Waals surface area contributed by atoms with Crippen molar-refractivity contribution < 1.29 is 23.8 Å². The zero-order valence-electron chi connectivity index (χ0n) is 15.1. The predicted octanol–water partition coefficient (Wildman–Crippen LogP) is 4.12. The van der Waals surface area contributed by atoms with Crippen LogP contribution in [-0.4, -0.2) is 35.4 Å². The summed E-state index contributed by atoms with van der Waals surface area (Å²) in [5.41, 5.74) is 0.00926. The average molecular weight is 389 g/mol. The second-order valence-electron chi connectivity index (χ2n) is 6.21. The van der Waals surface area contributed by atoms with E-state index in [0.717, 1.165) is 23.8 Å². The monoisotopic (exact) mass is 389 g/mol. The molecule has 1 fully saturated rings. The third-order valence-electron chi connectivity index (χ3n) is 4.52. The molecule has 1 saturated heterocycles. The van der Waals surface area contributed by atoms with E-state index in [1.807, 2.05) is 24.4 Å². The number of methoxy groups -OCH3 is 1. The highest BCUT2D eigenvalue weighted by molar-refractivity contribution is 7.10. The average Bonchev–Trinajstić information content (AvgIpc) is 3.27. The number of ether oxygens (including phenoxy) is 1. The number of hydrogen-bond donors (Lipinski definition) is 1. The first-order chi connectivity index (χ1) is 13.0. The number of carbonyl (C=O) groups excluding carboxylic acids is 2. The van der Waals surface area contributed by atoms with Crippen LogP contribution in [-0.2, 0) is 9.59 Å². The third kappa shape index (κ3) is 3.47. The van der Waals surface area contributed by atoms with Crippen LogP contribution in [0.1, 0.15) is 36.2 Å². The van der Waals surface area contributed by atoms with Crippen LogP contribution in [0, 0.1) is 5.82 Å². The van der Waals surface area contributed by atoms with Crippen LogP contribution in [0.2, 0.25) is 0 Å². The van der Waals surface area contributed by atoms with Crippen LogP contribution in [0.25, 0.3) is 5.76 Å². The van der Waals surface area contributed by atoms with Gasteiger partial charge in [0.1, 0.15) is 17.3 Å². The molecule has 1 aliphatic heterocycles. The minimum atomic E-state index is -0.770. The number of ketones is 1. The number of Topliss-reactive ketones (excluding diaryl/α,β-unsaturated/α-hetero) is 1. The van der Waals surface area contributed by atoms with Gasteiger partial charge in [-0.15, -0.1) is 11.3 Å². The van der Waals surface area contributed by atoms with Gasteiger partial charge in [-0.3, -0.25) is 9.59 Å². The number of aliphatic hydroxyl groups is 1. The maximum Gasteiger partial charge on any atom is 0.295 e. The van der Waals surface area contributed by atoms with Crippen LogP contribution in [0.4, 0.5) is 4.39 Å². The molecule has 142 valence electrons. The molecule has 1 N–H and O–H groups in total. The smallest absolute Gasteiger partial charge is 0.295 e. The highest BCUT2D eigenvalue weighted by atomic mass is 32.1. The van der Waals surface area contributed by atoms with Crippen LogP contribution in [0.15, 0.2) is 41.3 Å². The van der Waals surface area contributed by atoms with Crippen molar-refractivity contribution in [3.8, 4) is 5.75 Å². The summed E-state index contributed by atoms with van der Waals surface area (Å²) in [5, 5.41) is 12.7. The number of carbonyl (C=O) groups is 2. The molecular formula is C20H20FNO4S. The molecule has 0 spiro atoms. The number of unbranched alkanes of at least 4 members (excludes halogenated alkanes) is 1. The van der Waals surface area contributed by atoms with Gasteiger partial charge in [-0.05, 0) is 36.1 Å². The Morgan fingerprint density at radius 3 is 2.74 bits per heavy atom. The van der Waals surface area contributed by atoms with Gasteiger partial charge in [0.15, 0.2) is 0 Å². The van der Waals surface area contributed by atoms with Crippen molar-refractivity contribution in [1.29, 1.82) is 0 Å². The first-order valence-corrected chi connectivity index (χ1v) is 9.53. The van der Waals surface area contributed by atoms with Gasteiger partial charge in [0.25, 0.3) is 11.7 Å². The lowest BCUT2D eigenvalue weighted by Gasteiger charge is -2.24. The molecule has 1 aliphatic rings. The predicted molar refractivity (Wildman–Crippen MR) is 101 cm³/mol. The minimum Gasteiger partial charge on any atom is -0.507 e. The van der Waals surface area contributed by atoms with Crippen molar-refractivity contribution in [3.63, 3.8) is 0 Å². The first kappa shape index (κ1) is 19.1. The third-order valence-corrected chi connectivity index (χ3v) is 5.45. The largest absolute Gasteiger partial charge is 0.507 e. The molecule has 3 rings (SSSR count). The van der Waals surface area contributed by atoms with Gasteiger partial charge in [-0.2, -0.15) is 0 Å². The van der Waals surface area contributed by atoms with Gasteiger partial charge in [0, 0.05) is 11.4 Å². The van der Waals surface area contributed by atoms with Crippen molar-refractivity contribution in [2.75, 3.05) is 13.7 Å². The lowest BCUT2D eigenvalue weighted by molar-refractivity contribution is -0.139. The molecule has 1 aromatic carbocycles. The van der Waals surface area contributed by atoms with E-state index in [1.165, 1.54) is 35.5 Å². The second kappa shape index (κ2) is 7.92. The van der Waals surface area contributed by atoms with E-state index < -0.39 is 29.3 Å². The Hall–Kier alpha value is -2.67. The number of aliphatic hydroxyl groups excluding tert-OH is 1. The van der Waals surface area contributed by atoms with Gasteiger partial charge in [-0.25, -0.2) is 4.39 Å². The molecule has 1 unspecified atom stereocenters. The van der Waals surface area contributed by atoms with Gasteiger partial charge in [0.05, 0.1) is 24.3 Å². The normalized spacial score (nSPS) is 18.9. The van der Waals surface area contributed by atoms with Gasteiger partial charge >= 0.3 is 0 Å². The van der Waals surface area contributed by atoms with Gasteiger partial charge < -0.3 is 14.7 Å². The lowest BCUT2D eigenvalue weighted by atomic mass is 9.99. The van der Waals surface area contributed by atoms with Crippen LogP contribution in [0.5, 0.6) is 5.75 Å². The number of likely N-dealkylation sites (tertiary alicyclic amines) is 1. The van der Waals surface area contributed by atoms with E-state index >= 15 is 0 Å². The zero-order valence-corrected chi connectivity index (χ0v) is 15.9. The molecule has 5 nitrogen and oxygen atoms in total. The fraction of sp³-hybridized carbons (Fsp3) is 0.300. The molecule has 1 atom stereocenters. The van der Waals surface area contributed by atoms with Crippen LogP contribution < -0.4 is 4.74 Å². The molecule has 2 aromatic rings. The Kier molecular flexibility index (Phi) is 5.60. The summed E-state index contributed by atoms with van der Waals surface area (Å²) < 4.78 is 19.0. The summed E-state index contributed by atoms with van der Waals surface area (Å²) in [6, 6.07) is 6.62. The standard InChI is InChI=1S/C20H20FNO4S/c1-3-4-9-22-17(15-6-5-10-27-15)16(19(24)20(22)25)18(23)13-11-12(21)7-8-14(13)26-2/h5-8,10-11,17,23H,3-4,9H2,1-2H3/b18-16-. The molecule has 2 heterocycles. The summed E-state index contributed by atoms with van der Waals surface area (Å²) in [4.78, 5) is 27.6. The van der Waals surface area contributed by atoms with E-state index in [9.17, 15) is 19.1 Å². The Morgan fingerprint density at radius 2 is 2.11 bits per heavy atom. The second-order valence-corrected chi connectivity index (χ2v) is 7.19. The van der Waals surface area contributed by atoms with E-state index in [2.05, 4.69) is 0 Å². The molecule has 0 bridgehead atoms. The van der Waals surface area contributed by atoms with E-state index in [-0.39, 0.29) is 16.9 Å². The number of benzene rings is 1. The molecule has 1 aromatic heterocycles. The number of hydrogen-bond acceptors (Lipinski definition) is 5. The molecular weight excluding hydrogens is 369 g/mol. The molecule has 7 heteroatoms. The molecule has 0 saturated carbocycles. The van der Waals surface area contributed by atoms with E-state index in [0.29, 0.717) is 6.54 Å². The van der Waals surface area contributed by atoms with E-state index in [1.54, 1.807) is 0 Å². The molecule has 27 heavy (non-hydrogen) atoms. The number of amides is 1. The number of nitrogens with zero attached hydrogens (tertiary/aromatic N) is 1. The van der Waals surface area contributed by atoms with E-state index in [4.69, 9.17) is 4.74 Å². The Labute approximate surface area is 160 Å². The maximum atomic E-state index is 13.8. The summed E-state index contributed by atoms with van der Waals surface area (Å²) in [6.45, 7) is 2.40. The summed E-state index contributed by atoms with van der Waals surface area (Å²) in [6.07, 6.45) is 1.59. The summed E-state index contributed by atoms with van der Waals surface area (Å²) in [7, 11) is 1.39. The Balaban J connectivity index is 2.19. The van der Waals surface area contributed by atoms with Crippen molar-refractivity contribution in [2.24, 2.45) is 0 Å². The van der Waals surface area contributed by atoms with Crippen molar-refractivity contribution >= 4 is 28.8 Å². The fourth-order valence-electron chi connectivity index (χ4n) is 3.19. The summed E-state index contributed by atoms with van der Waals surface area (Å²) in [5.74, 6) is -2.21. The molecule has 1 amide bonds. The van der Waals surface area contributed by atoms with Crippen LogP contribution in [0.3, 0.4) is 0 Å². The number of thiophene rings is 1. The summed E-state index contributed by atoms with van der Waals surface area (Å²) >= 11 is 1.39. The first-order valence-electron chi connectivity index (χ1n) is 8.65. The lowest BCUT2D eigenvalue weighted by Crippen LogP contribution is -2.30. The topological polar surface area (TPSA) is 66.8 Å². The van der Waals surface area contributed by atoms with Crippen molar-refractivity contribution in [1.82, 2.24) is 4.90 Å². The quantitative estimate of drug-likeness (QED) is 0.459. The fourth-order valence-corrected chi connectivity index (χ4v) is 4.04.